The number of alkyl halides is 2. The second kappa shape index (κ2) is 14.7. The number of rotatable bonds is 8. The van der Waals surface area contributed by atoms with E-state index in [4.69, 9.17) is 0 Å². The van der Waals surface area contributed by atoms with E-state index >= 15 is 26.3 Å². The molecule has 0 unspecified atom stereocenters. The van der Waals surface area contributed by atoms with Gasteiger partial charge in [0.05, 0.1) is 10.9 Å². The summed E-state index contributed by atoms with van der Waals surface area (Å²) >= 11 is 0. The predicted molar refractivity (Wildman–Crippen MR) is 181 cm³/mol. The van der Waals surface area contributed by atoms with Crippen LogP contribution in [0, 0.1) is 65.3 Å². The van der Waals surface area contributed by atoms with Gasteiger partial charge in [-0.2, -0.15) is 8.78 Å². The Kier molecular flexibility index (Phi) is 10.3. The topological polar surface area (TPSA) is 9.23 Å². The van der Waals surface area contributed by atoms with E-state index in [1.807, 2.05) is 24.3 Å². The van der Waals surface area contributed by atoms with E-state index in [2.05, 4.69) is 23.5 Å². The minimum atomic E-state index is -4.82. The summed E-state index contributed by atoms with van der Waals surface area (Å²) in [5.41, 5.74) is 0.377. The average molecular weight is 737 g/mol. The van der Waals surface area contributed by atoms with Crippen molar-refractivity contribution in [3.63, 3.8) is 0 Å². The maximum Gasteiger partial charge on any atom is 0.432 e. The summed E-state index contributed by atoms with van der Waals surface area (Å²) in [6, 6.07) is 16.4. The molecule has 0 aliphatic rings. The van der Waals surface area contributed by atoms with Crippen LogP contribution in [0.1, 0.15) is 47.6 Å². The van der Waals surface area contributed by atoms with E-state index in [0.29, 0.717) is 35.4 Å². The van der Waals surface area contributed by atoms with E-state index in [1.165, 1.54) is 30.7 Å². The molecule has 1 nitrogen and oxygen atoms in total. The summed E-state index contributed by atoms with van der Waals surface area (Å²) in [6.45, 7) is 3.62. The van der Waals surface area contributed by atoms with Crippen LogP contribution in [0.15, 0.2) is 84.9 Å². The molecule has 0 fully saturated rings. The van der Waals surface area contributed by atoms with E-state index in [1.54, 1.807) is 6.07 Å². The van der Waals surface area contributed by atoms with Gasteiger partial charge < -0.3 is 4.74 Å². The third kappa shape index (κ3) is 7.58. The molecule has 0 bridgehead atoms. The highest BCUT2D eigenvalue weighted by atomic mass is 19.3. The Morgan fingerprint density at radius 3 is 1.89 bits per heavy atom. The van der Waals surface area contributed by atoms with Crippen molar-refractivity contribution < 1.29 is 48.6 Å². The minimum Gasteiger partial charge on any atom is -0.429 e. The molecular formula is C42H26F10O. The molecule has 0 saturated carbocycles. The van der Waals surface area contributed by atoms with Gasteiger partial charge >= 0.3 is 6.11 Å². The second-order valence-corrected chi connectivity index (χ2v) is 12.3. The average Bonchev–Trinajstić information content (AvgIpc) is 3.09. The zero-order valence-corrected chi connectivity index (χ0v) is 27.9. The zero-order chi connectivity index (χ0) is 38.2. The molecule has 0 spiro atoms. The van der Waals surface area contributed by atoms with Crippen molar-refractivity contribution >= 4 is 10.8 Å². The molecule has 0 aromatic heterocycles. The fraction of sp³-hybridized carbons (Fsp3) is 0.143. The maximum absolute atomic E-state index is 15.3. The second-order valence-electron chi connectivity index (χ2n) is 12.3. The Morgan fingerprint density at radius 1 is 0.585 bits per heavy atom. The largest absolute Gasteiger partial charge is 0.432 e. The molecule has 6 aromatic carbocycles. The third-order valence-electron chi connectivity index (χ3n) is 8.61. The van der Waals surface area contributed by atoms with Gasteiger partial charge in [0.1, 0.15) is 40.4 Å². The number of halogens is 10. The lowest BCUT2D eigenvalue weighted by molar-refractivity contribution is -0.189. The molecule has 0 radical (unpaired) electrons. The van der Waals surface area contributed by atoms with Gasteiger partial charge in [0.2, 0.25) is 0 Å². The number of ether oxygens (including phenoxy) is 1. The first-order valence-corrected chi connectivity index (χ1v) is 16.2. The third-order valence-corrected chi connectivity index (χ3v) is 8.61. The Hall–Kier alpha value is -5.76. The van der Waals surface area contributed by atoms with Crippen molar-refractivity contribution in [2.45, 2.75) is 39.2 Å². The number of benzene rings is 6. The van der Waals surface area contributed by atoms with Crippen LogP contribution in [0.25, 0.3) is 33.0 Å². The number of hydrogen-bond donors (Lipinski definition) is 0. The Bertz CT molecular complexity index is 2420. The van der Waals surface area contributed by atoms with Gasteiger partial charge in [-0.15, -0.1) is 0 Å². The Balaban J connectivity index is 1.23. The quantitative estimate of drug-likeness (QED) is 0.0859. The van der Waals surface area contributed by atoms with Crippen LogP contribution in [-0.4, -0.2) is 0 Å². The summed E-state index contributed by atoms with van der Waals surface area (Å²) in [4.78, 5) is 0. The van der Waals surface area contributed by atoms with E-state index in [-0.39, 0.29) is 22.8 Å². The summed E-state index contributed by atoms with van der Waals surface area (Å²) in [7, 11) is 0. The van der Waals surface area contributed by atoms with Crippen molar-refractivity contribution in [3.8, 4) is 39.8 Å². The maximum atomic E-state index is 15.3. The lowest BCUT2D eigenvalue weighted by Gasteiger charge is -2.20. The Labute approximate surface area is 297 Å². The molecule has 0 heterocycles. The predicted octanol–water partition coefficient (Wildman–Crippen LogP) is 12.5. The van der Waals surface area contributed by atoms with Crippen LogP contribution in [0.4, 0.5) is 43.9 Å². The van der Waals surface area contributed by atoms with Gasteiger partial charge in [-0.3, -0.25) is 0 Å². The molecule has 11 heteroatoms. The van der Waals surface area contributed by atoms with Crippen molar-refractivity contribution in [1.29, 1.82) is 0 Å². The molecule has 0 N–H and O–H groups in total. The number of aryl methyl sites for hydroxylation is 2. The standard InChI is InChI=1S/C42H26F10O/c1-3-4-5-23-6-8-24(9-7-23)27-13-11-25(32(43)17-27)10-12-26-16-33(44)31(14-22(26)2)28-18-35(46)39(36(47)19-28)42(51,52)53-30-15-29-20-37(48)40(49)41(50)38(29)34(45)21-30/h6-9,11,13-21H,3-5H2,1-2H3. The van der Waals surface area contributed by atoms with Crippen LogP contribution < -0.4 is 4.74 Å². The van der Waals surface area contributed by atoms with Crippen LogP contribution in [0.2, 0.25) is 0 Å². The normalized spacial score (nSPS) is 11.5. The van der Waals surface area contributed by atoms with Crippen LogP contribution in [0.3, 0.4) is 0 Å². The van der Waals surface area contributed by atoms with Crippen molar-refractivity contribution in [2.75, 3.05) is 0 Å². The van der Waals surface area contributed by atoms with Crippen molar-refractivity contribution in [3.05, 3.63) is 159 Å². The Morgan fingerprint density at radius 2 is 1.23 bits per heavy atom. The van der Waals surface area contributed by atoms with E-state index in [0.717, 1.165) is 30.9 Å². The fourth-order valence-electron chi connectivity index (χ4n) is 5.84. The summed E-state index contributed by atoms with van der Waals surface area (Å²) in [6.07, 6.45) is -1.72. The van der Waals surface area contributed by atoms with Crippen LogP contribution >= 0.6 is 0 Å². The molecule has 6 aromatic rings. The molecule has 270 valence electrons. The summed E-state index contributed by atoms with van der Waals surface area (Å²) in [5, 5.41) is -1.76. The molecule has 53 heavy (non-hydrogen) atoms. The zero-order valence-electron chi connectivity index (χ0n) is 27.9. The highest BCUT2D eigenvalue weighted by Crippen LogP contribution is 2.39. The summed E-state index contributed by atoms with van der Waals surface area (Å²) < 4.78 is 151. The van der Waals surface area contributed by atoms with Gasteiger partial charge in [-0.05, 0) is 101 Å². The smallest absolute Gasteiger partial charge is 0.429 e. The first-order valence-electron chi connectivity index (χ1n) is 16.2. The molecule has 6 rings (SSSR count). The number of fused-ring (bicyclic) bond motifs is 1. The first-order chi connectivity index (χ1) is 25.2. The SMILES string of the molecule is CCCCc1ccc(-c2ccc(C#Cc3cc(F)c(-c4cc(F)c(C(F)(F)Oc5cc(F)c6c(F)c(F)c(F)cc6c5)c(F)c4)cc3C)c(F)c2)cc1. The molecule has 0 aliphatic carbocycles. The number of unbranched alkanes of at least 4 members (excludes halogenated alkanes) is 1. The first kappa shape index (κ1) is 37.0. The molecule has 0 saturated heterocycles. The van der Waals surface area contributed by atoms with Crippen molar-refractivity contribution in [1.82, 2.24) is 0 Å². The number of hydrogen-bond acceptors (Lipinski definition) is 1. The van der Waals surface area contributed by atoms with Crippen molar-refractivity contribution in [2.24, 2.45) is 0 Å². The summed E-state index contributed by atoms with van der Waals surface area (Å²) in [5.74, 6) is -8.34. The molecular weight excluding hydrogens is 710 g/mol. The van der Waals surface area contributed by atoms with Crippen LogP contribution in [-0.2, 0) is 12.5 Å². The van der Waals surface area contributed by atoms with Gasteiger partial charge in [-0.25, -0.2) is 35.1 Å². The van der Waals surface area contributed by atoms with Gasteiger partial charge in [0.15, 0.2) is 17.5 Å². The van der Waals surface area contributed by atoms with E-state index in [9.17, 15) is 17.6 Å². The molecule has 0 amide bonds. The van der Waals surface area contributed by atoms with Gasteiger partial charge in [0.25, 0.3) is 0 Å². The molecule has 0 aliphatic heterocycles. The van der Waals surface area contributed by atoms with Gasteiger partial charge in [0, 0.05) is 17.2 Å². The fourth-order valence-corrected chi connectivity index (χ4v) is 5.84. The monoisotopic (exact) mass is 736 g/mol. The van der Waals surface area contributed by atoms with Crippen LogP contribution in [0.5, 0.6) is 5.75 Å². The minimum absolute atomic E-state index is 0.0414. The van der Waals surface area contributed by atoms with E-state index < -0.39 is 80.3 Å². The lowest BCUT2D eigenvalue weighted by Crippen LogP contribution is -2.25. The highest BCUT2D eigenvalue weighted by molar-refractivity contribution is 5.85. The molecule has 0 atom stereocenters. The van der Waals surface area contributed by atoms with Gasteiger partial charge in [-0.1, -0.05) is 55.5 Å². The lowest BCUT2D eigenvalue weighted by atomic mass is 9.97. The highest BCUT2D eigenvalue weighted by Gasteiger charge is 2.41.